The number of sulfonamides is 1. The van der Waals surface area contributed by atoms with Crippen LogP contribution in [-0.2, 0) is 23.2 Å². The maximum absolute atomic E-state index is 12.3. The van der Waals surface area contributed by atoms with Crippen LogP contribution in [-0.4, -0.2) is 18.5 Å². The SMILES string of the molecule is Cc1nc(CNS(=O)(=O)c2cc(CO)c(Cl)cc2Cl)cs1. The molecule has 0 unspecified atom stereocenters. The minimum absolute atomic E-state index is 0.000779. The lowest BCUT2D eigenvalue weighted by Crippen LogP contribution is -2.24. The van der Waals surface area contributed by atoms with Crippen molar-refractivity contribution in [2.45, 2.75) is 25.0 Å². The number of rotatable bonds is 5. The number of aryl methyl sites for hydroxylation is 1. The van der Waals surface area contributed by atoms with Gasteiger partial charge in [-0.3, -0.25) is 0 Å². The van der Waals surface area contributed by atoms with Crippen LogP contribution in [0.15, 0.2) is 22.4 Å². The van der Waals surface area contributed by atoms with Crippen molar-refractivity contribution < 1.29 is 13.5 Å². The normalized spacial score (nSPS) is 11.8. The van der Waals surface area contributed by atoms with E-state index >= 15 is 0 Å². The summed E-state index contributed by atoms with van der Waals surface area (Å²) in [7, 11) is -3.82. The second-order valence-electron chi connectivity index (χ2n) is 4.21. The van der Waals surface area contributed by atoms with Crippen LogP contribution in [0.1, 0.15) is 16.3 Å². The number of nitrogens with zero attached hydrogens (tertiary/aromatic N) is 1. The van der Waals surface area contributed by atoms with Gasteiger partial charge in [-0.1, -0.05) is 23.2 Å². The summed E-state index contributed by atoms with van der Waals surface area (Å²) in [6.45, 7) is 1.54. The van der Waals surface area contributed by atoms with E-state index < -0.39 is 10.0 Å². The molecule has 0 aliphatic carbocycles. The second-order valence-corrected chi connectivity index (χ2v) is 7.83. The summed E-state index contributed by atoms with van der Waals surface area (Å²) < 4.78 is 27.0. The van der Waals surface area contributed by atoms with Gasteiger partial charge in [0, 0.05) is 10.4 Å². The molecule has 1 heterocycles. The molecule has 0 saturated heterocycles. The van der Waals surface area contributed by atoms with Crippen LogP contribution >= 0.6 is 34.5 Å². The fraction of sp³-hybridized carbons (Fsp3) is 0.250. The van der Waals surface area contributed by atoms with E-state index in [1.165, 1.54) is 23.5 Å². The molecule has 5 nitrogen and oxygen atoms in total. The van der Waals surface area contributed by atoms with Gasteiger partial charge in [-0.05, 0) is 24.6 Å². The molecule has 0 aliphatic rings. The number of nitrogens with one attached hydrogen (secondary N) is 1. The Bertz CT molecular complexity index is 760. The highest BCUT2D eigenvalue weighted by atomic mass is 35.5. The number of aliphatic hydroxyl groups is 1. The van der Waals surface area contributed by atoms with E-state index in [4.69, 9.17) is 28.3 Å². The minimum atomic E-state index is -3.82. The highest BCUT2D eigenvalue weighted by Gasteiger charge is 2.20. The largest absolute Gasteiger partial charge is 0.392 e. The maximum atomic E-state index is 12.3. The number of aliphatic hydroxyl groups excluding tert-OH is 1. The average molecular weight is 367 g/mol. The Morgan fingerprint density at radius 2 is 2.05 bits per heavy atom. The second kappa shape index (κ2) is 6.60. The van der Waals surface area contributed by atoms with Gasteiger partial charge in [-0.15, -0.1) is 11.3 Å². The van der Waals surface area contributed by atoms with Gasteiger partial charge < -0.3 is 5.11 Å². The first-order valence-electron chi connectivity index (χ1n) is 5.83. The van der Waals surface area contributed by atoms with E-state index in [0.717, 1.165) is 5.01 Å². The lowest BCUT2D eigenvalue weighted by atomic mass is 10.2. The number of aromatic nitrogens is 1. The molecule has 2 rings (SSSR count). The Morgan fingerprint density at radius 3 is 2.62 bits per heavy atom. The van der Waals surface area contributed by atoms with Gasteiger partial charge in [0.2, 0.25) is 10.0 Å². The van der Waals surface area contributed by atoms with Crippen LogP contribution in [0.5, 0.6) is 0 Å². The third-order valence-electron chi connectivity index (χ3n) is 2.67. The van der Waals surface area contributed by atoms with Crippen LogP contribution in [0, 0.1) is 6.92 Å². The number of halogens is 2. The number of benzene rings is 1. The molecule has 9 heteroatoms. The minimum Gasteiger partial charge on any atom is -0.392 e. The molecule has 0 saturated carbocycles. The fourth-order valence-electron chi connectivity index (χ4n) is 1.63. The topological polar surface area (TPSA) is 79.3 Å². The van der Waals surface area contributed by atoms with E-state index in [1.54, 1.807) is 5.38 Å². The van der Waals surface area contributed by atoms with Crippen molar-refractivity contribution in [3.05, 3.63) is 43.8 Å². The lowest BCUT2D eigenvalue weighted by molar-refractivity contribution is 0.281. The molecule has 0 bridgehead atoms. The fourth-order valence-corrected chi connectivity index (χ4v) is 4.10. The Morgan fingerprint density at radius 1 is 1.33 bits per heavy atom. The predicted molar refractivity (Wildman–Crippen MR) is 83.3 cm³/mol. The molecule has 2 N–H and O–H groups in total. The molecule has 0 atom stereocenters. The van der Waals surface area contributed by atoms with Gasteiger partial charge in [0.15, 0.2) is 0 Å². The van der Waals surface area contributed by atoms with Crippen LogP contribution in [0.2, 0.25) is 10.0 Å². The first kappa shape index (κ1) is 16.7. The first-order chi connectivity index (χ1) is 9.83. The molecule has 1 aromatic heterocycles. The third kappa shape index (κ3) is 3.94. The number of thiazole rings is 1. The zero-order valence-electron chi connectivity index (χ0n) is 10.9. The van der Waals surface area contributed by atoms with Crippen LogP contribution in [0.3, 0.4) is 0 Å². The van der Waals surface area contributed by atoms with Crippen molar-refractivity contribution in [2.75, 3.05) is 0 Å². The maximum Gasteiger partial charge on any atom is 0.242 e. The molecule has 0 amide bonds. The number of hydrogen-bond donors (Lipinski definition) is 2. The van der Waals surface area contributed by atoms with Crippen molar-refractivity contribution in [1.29, 1.82) is 0 Å². The Hall–Kier alpha value is -0.700. The van der Waals surface area contributed by atoms with Crippen molar-refractivity contribution in [3.8, 4) is 0 Å². The number of hydrogen-bond acceptors (Lipinski definition) is 5. The van der Waals surface area contributed by atoms with E-state index in [0.29, 0.717) is 11.3 Å². The van der Waals surface area contributed by atoms with E-state index in [9.17, 15) is 8.42 Å². The molecule has 0 aliphatic heterocycles. The van der Waals surface area contributed by atoms with Gasteiger partial charge in [-0.25, -0.2) is 18.1 Å². The molecular formula is C12H12Cl2N2O3S2. The van der Waals surface area contributed by atoms with Gasteiger partial charge in [-0.2, -0.15) is 0 Å². The highest BCUT2D eigenvalue weighted by molar-refractivity contribution is 7.89. The quantitative estimate of drug-likeness (QED) is 0.852. The van der Waals surface area contributed by atoms with Crippen LogP contribution < -0.4 is 4.72 Å². The van der Waals surface area contributed by atoms with Crippen molar-refractivity contribution in [1.82, 2.24) is 9.71 Å². The van der Waals surface area contributed by atoms with Crippen LogP contribution in [0.25, 0.3) is 0 Å². The summed E-state index contributed by atoms with van der Waals surface area (Å²) in [6.07, 6.45) is 0. The van der Waals surface area contributed by atoms with Gasteiger partial charge in [0.1, 0.15) is 4.90 Å². The van der Waals surface area contributed by atoms with Gasteiger partial charge >= 0.3 is 0 Å². The smallest absolute Gasteiger partial charge is 0.242 e. The Kier molecular flexibility index (Phi) is 5.24. The monoisotopic (exact) mass is 366 g/mol. The Balaban J connectivity index is 2.27. The lowest BCUT2D eigenvalue weighted by Gasteiger charge is -2.10. The molecule has 2 aromatic rings. The third-order valence-corrected chi connectivity index (χ3v) is 5.71. The molecule has 0 fully saturated rings. The first-order valence-corrected chi connectivity index (χ1v) is 8.95. The summed E-state index contributed by atoms with van der Waals surface area (Å²) in [4.78, 5) is 4.05. The molecule has 0 spiro atoms. The van der Waals surface area contributed by atoms with E-state index in [-0.39, 0.29) is 28.1 Å². The van der Waals surface area contributed by atoms with E-state index in [1.807, 2.05) is 6.92 Å². The van der Waals surface area contributed by atoms with Crippen molar-refractivity contribution in [3.63, 3.8) is 0 Å². The summed E-state index contributed by atoms with van der Waals surface area (Å²) in [5.74, 6) is 0. The summed E-state index contributed by atoms with van der Waals surface area (Å²) in [6, 6.07) is 2.56. The summed E-state index contributed by atoms with van der Waals surface area (Å²) in [5.41, 5.74) is 0.930. The molecule has 1 aromatic carbocycles. The molecule has 21 heavy (non-hydrogen) atoms. The van der Waals surface area contributed by atoms with Crippen molar-refractivity contribution in [2.24, 2.45) is 0 Å². The predicted octanol–water partition coefficient (Wildman–Crippen LogP) is 2.73. The zero-order valence-corrected chi connectivity index (χ0v) is 14.1. The molecule has 114 valence electrons. The average Bonchev–Trinajstić information content (AvgIpc) is 2.82. The Labute approximate surface area is 136 Å². The zero-order chi connectivity index (χ0) is 15.6. The standard InChI is InChI=1S/C12H12Cl2N2O3S2/c1-7-16-9(6-20-7)4-15-21(18,19)12-2-8(5-17)10(13)3-11(12)14/h2-3,6,15,17H,4-5H2,1H3. The van der Waals surface area contributed by atoms with E-state index in [2.05, 4.69) is 9.71 Å². The molecule has 0 radical (unpaired) electrons. The van der Waals surface area contributed by atoms with Gasteiger partial charge in [0.05, 0.1) is 28.9 Å². The van der Waals surface area contributed by atoms with Crippen LogP contribution in [0.4, 0.5) is 0 Å². The summed E-state index contributed by atoms with van der Waals surface area (Å²) in [5, 5.41) is 12.0. The highest BCUT2D eigenvalue weighted by Crippen LogP contribution is 2.28. The van der Waals surface area contributed by atoms with Gasteiger partial charge in [0.25, 0.3) is 0 Å². The summed E-state index contributed by atoms with van der Waals surface area (Å²) >= 11 is 13.2. The molecular weight excluding hydrogens is 355 g/mol. The van der Waals surface area contributed by atoms with Crippen molar-refractivity contribution >= 4 is 44.6 Å².